The van der Waals surface area contributed by atoms with Crippen LogP contribution in [0.2, 0.25) is 0 Å². The summed E-state index contributed by atoms with van der Waals surface area (Å²) < 4.78 is 38.0. The van der Waals surface area contributed by atoms with Gasteiger partial charge in [0, 0.05) is 102 Å². The molecule has 0 unspecified atom stereocenters. The summed E-state index contributed by atoms with van der Waals surface area (Å²) in [5, 5.41) is 33.5. The fraction of sp³-hybridized carbons (Fsp3) is 0.818. The van der Waals surface area contributed by atoms with Crippen LogP contribution in [0, 0.1) is 0 Å². The molecule has 498 valence electrons. The van der Waals surface area contributed by atoms with Gasteiger partial charge in [-0.15, -0.1) is 0 Å². The van der Waals surface area contributed by atoms with E-state index in [9.17, 15) is 53.1 Å². The molecule has 0 aromatic rings. The average Bonchev–Trinajstić information content (AvgIpc) is 3.55. The van der Waals surface area contributed by atoms with Gasteiger partial charge in [-0.05, 0) is 55.8 Å². The van der Waals surface area contributed by atoms with E-state index < -0.39 is 80.1 Å². The molecule has 86 heavy (non-hydrogen) atoms. The molecule has 31 heteroatoms. The second-order valence-electron chi connectivity index (χ2n) is 19.2. The number of hydrogen-bond acceptors (Lipinski definition) is 21. The second-order valence-corrected chi connectivity index (χ2v) is 22.8. The molecule has 0 saturated carbocycles. The first kappa shape index (κ1) is 81.4. The number of carbonyl (C=O) groups is 10. The molecule has 0 aromatic carbocycles. The van der Waals surface area contributed by atoms with Crippen molar-refractivity contribution in [2.75, 3.05) is 173 Å². The largest absolute Gasteiger partial charge is 0.480 e. The highest BCUT2D eigenvalue weighted by Gasteiger charge is 2.23. The fourth-order valence-electron chi connectivity index (χ4n) is 6.73. The number of ether oxygens (including phenoxy) is 7. The van der Waals surface area contributed by atoms with Crippen LogP contribution in [0.1, 0.15) is 97.8 Å². The number of unbranched alkanes of at least 4 members (excludes halogenated alkanes) is 3. The maximum absolute atomic E-state index is 13.2. The lowest BCUT2D eigenvalue weighted by molar-refractivity contribution is -0.144. The van der Waals surface area contributed by atoms with E-state index in [0.29, 0.717) is 65.0 Å². The standard InChI is InChI=1S/C55H102N10O18S3/c1-4-7-13-46(66)59-20-33-84-30-10-23-79-36-43(56)53(73)62-18-28-77-26-16-57-49(69)39-82-41-51(71)64-44(37-80-24-11-31-85-34-21-60-47(67)14-8-5-2)54(74)63-19-29-78-27-17-58-50(70)40-83-42-52(72)65-45(55(75)76)38-81-25-12-32-86-35-22-61-48(68)15-9-6-3/h43-45H,4-42,56H2,1-3H3,(H,57,69)(H,58,70)(H,59,66)(H,60,67)(H,61,68)(H,62,73)(H,63,74)(H,64,71)(H,65,72)(H,75,76)/t43-,44-,45-/m0/s1. The third-order valence-corrected chi connectivity index (χ3v) is 14.6. The van der Waals surface area contributed by atoms with E-state index in [0.717, 1.165) is 79.5 Å². The number of carboxylic acids is 1. The monoisotopic (exact) mass is 1290 g/mol. The topological polar surface area (TPSA) is 390 Å². The minimum Gasteiger partial charge on any atom is -0.480 e. The Labute approximate surface area is 520 Å². The molecule has 0 aliphatic rings. The Bertz CT molecular complexity index is 1860. The minimum atomic E-state index is -1.31. The van der Waals surface area contributed by atoms with Crippen LogP contribution in [0.4, 0.5) is 0 Å². The Hall–Kier alpha value is -4.57. The minimum absolute atomic E-state index is 0.0317. The van der Waals surface area contributed by atoms with Crippen molar-refractivity contribution in [3.63, 3.8) is 0 Å². The third-order valence-electron chi connectivity index (χ3n) is 11.4. The second kappa shape index (κ2) is 59.4. The van der Waals surface area contributed by atoms with Crippen molar-refractivity contribution >= 4 is 94.4 Å². The van der Waals surface area contributed by atoms with Gasteiger partial charge in [-0.2, -0.15) is 35.3 Å². The van der Waals surface area contributed by atoms with Crippen molar-refractivity contribution in [2.24, 2.45) is 5.73 Å². The van der Waals surface area contributed by atoms with Crippen LogP contribution in [0.5, 0.6) is 0 Å². The number of carbonyl (C=O) groups excluding carboxylic acids is 9. The quantitative estimate of drug-likeness (QED) is 0.0333. The van der Waals surface area contributed by atoms with Gasteiger partial charge >= 0.3 is 5.97 Å². The summed E-state index contributed by atoms with van der Waals surface area (Å²) in [5.74, 6) is 0.0614. The Kier molecular flexibility index (Phi) is 56.2. The van der Waals surface area contributed by atoms with Gasteiger partial charge < -0.3 is 91.8 Å². The van der Waals surface area contributed by atoms with Crippen molar-refractivity contribution in [3.8, 4) is 0 Å². The summed E-state index contributed by atoms with van der Waals surface area (Å²) in [6.45, 7) is 7.34. The van der Waals surface area contributed by atoms with Gasteiger partial charge in [0.15, 0.2) is 6.04 Å². The lowest BCUT2D eigenvalue weighted by Gasteiger charge is -2.19. The van der Waals surface area contributed by atoms with E-state index in [1.165, 1.54) is 0 Å². The Morgan fingerprint density at radius 3 is 1.09 bits per heavy atom. The van der Waals surface area contributed by atoms with Crippen molar-refractivity contribution in [2.45, 2.75) is 116 Å². The molecular formula is C55H102N10O18S3. The third kappa shape index (κ3) is 53.7. The van der Waals surface area contributed by atoms with E-state index in [1.807, 2.05) is 20.8 Å². The fourth-order valence-corrected chi connectivity index (χ4v) is 9.05. The molecule has 0 bridgehead atoms. The zero-order valence-electron chi connectivity index (χ0n) is 51.0. The van der Waals surface area contributed by atoms with Crippen LogP contribution in [-0.2, 0) is 81.1 Å². The summed E-state index contributed by atoms with van der Waals surface area (Å²) in [6, 6.07) is -3.28. The number of amides is 9. The highest BCUT2D eigenvalue weighted by Crippen LogP contribution is 2.05. The summed E-state index contributed by atoms with van der Waals surface area (Å²) >= 11 is 5.00. The lowest BCUT2D eigenvalue weighted by atomic mass is 10.2. The van der Waals surface area contributed by atoms with Crippen LogP contribution in [0.3, 0.4) is 0 Å². The maximum Gasteiger partial charge on any atom is 0.328 e. The highest BCUT2D eigenvalue weighted by atomic mass is 32.2. The molecule has 0 rings (SSSR count). The molecule has 0 saturated heterocycles. The zero-order valence-corrected chi connectivity index (χ0v) is 53.4. The van der Waals surface area contributed by atoms with Crippen LogP contribution < -0.4 is 53.6 Å². The van der Waals surface area contributed by atoms with E-state index in [-0.39, 0.29) is 103 Å². The van der Waals surface area contributed by atoms with Crippen molar-refractivity contribution < 1.29 is 86.2 Å². The zero-order chi connectivity index (χ0) is 63.5. The molecule has 0 radical (unpaired) electrons. The number of carboxylic acid groups (broad SMARTS) is 1. The molecule has 3 atom stereocenters. The number of aliphatic carboxylic acids is 1. The van der Waals surface area contributed by atoms with Crippen LogP contribution >= 0.6 is 35.3 Å². The van der Waals surface area contributed by atoms with Crippen LogP contribution in [0.15, 0.2) is 0 Å². The molecule has 0 aromatic heterocycles. The number of thioether (sulfide) groups is 3. The average molecular weight is 1290 g/mol. The molecular weight excluding hydrogens is 1180 g/mol. The summed E-state index contributed by atoms with van der Waals surface area (Å²) in [4.78, 5) is 122. The maximum atomic E-state index is 13.2. The normalized spacial score (nSPS) is 12.0. The Morgan fingerprint density at radius 2 is 0.698 bits per heavy atom. The Balaban J connectivity index is 4.52. The van der Waals surface area contributed by atoms with Gasteiger partial charge in [0.25, 0.3) is 0 Å². The number of hydrogen-bond donors (Lipinski definition) is 11. The number of nitrogens with one attached hydrogen (secondary N) is 9. The predicted octanol–water partition coefficient (Wildman–Crippen LogP) is -0.762. The molecule has 0 aliphatic carbocycles. The first-order valence-electron chi connectivity index (χ1n) is 29.9. The first-order valence-corrected chi connectivity index (χ1v) is 33.3. The van der Waals surface area contributed by atoms with Gasteiger partial charge in [0.1, 0.15) is 38.5 Å². The van der Waals surface area contributed by atoms with Gasteiger partial charge in [-0.1, -0.05) is 40.0 Å². The molecule has 9 amide bonds. The smallest absolute Gasteiger partial charge is 0.328 e. The predicted molar refractivity (Wildman–Crippen MR) is 331 cm³/mol. The lowest BCUT2D eigenvalue weighted by Crippen LogP contribution is -2.51. The van der Waals surface area contributed by atoms with Crippen molar-refractivity contribution in [1.82, 2.24) is 47.9 Å². The highest BCUT2D eigenvalue weighted by molar-refractivity contribution is 7.99. The van der Waals surface area contributed by atoms with Gasteiger partial charge in [0.2, 0.25) is 53.2 Å². The van der Waals surface area contributed by atoms with E-state index in [4.69, 9.17) is 38.9 Å². The van der Waals surface area contributed by atoms with Crippen LogP contribution in [-0.4, -0.2) is 255 Å². The number of rotatable bonds is 61. The molecule has 0 spiro atoms. The molecule has 12 N–H and O–H groups in total. The van der Waals surface area contributed by atoms with Gasteiger partial charge in [0.05, 0.1) is 46.2 Å². The van der Waals surface area contributed by atoms with Crippen molar-refractivity contribution in [3.05, 3.63) is 0 Å². The summed E-state index contributed by atoms with van der Waals surface area (Å²) in [7, 11) is 0. The van der Waals surface area contributed by atoms with E-state index in [2.05, 4.69) is 47.9 Å². The summed E-state index contributed by atoms with van der Waals surface area (Å²) in [6.07, 6.45) is 9.15. The van der Waals surface area contributed by atoms with E-state index in [1.54, 1.807) is 35.3 Å². The first-order chi connectivity index (χ1) is 41.6. The van der Waals surface area contributed by atoms with E-state index >= 15 is 0 Å². The molecule has 0 heterocycles. The van der Waals surface area contributed by atoms with Crippen LogP contribution in [0.25, 0.3) is 0 Å². The SMILES string of the molecule is CCCCC(=O)NCCSCCCOC[C@H](NC(=O)COCC(=O)NCCOCCNC(=O)[C@H](COCCCSCCNC(=O)CCCC)NC(=O)COCC(=O)NCCOCCNC(=O)[C@@H](N)COCCCSCCNC(=O)CCCC)C(=O)O. The summed E-state index contributed by atoms with van der Waals surface area (Å²) in [5.41, 5.74) is 5.92. The van der Waals surface area contributed by atoms with Gasteiger partial charge in [-0.3, -0.25) is 43.2 Å². The Morgan fingerprint density at radius 1 is 0.360 bits per heavy atom. The van der Waals surface area contributed by atoms with Gasteiger partial charge in [-0.25, -0.2) is 4.79 Å². The molecule has 0 fully saturated rings. The number of nitrogens with two attached hydrogens (primary N) is 1. The van der Waals surface area contributed by atoms with Crippen molar-refractivity contribution in [1.29, 1.82) is 0 Å². The molecule has 0 aliphatic heterocycles. The molecule has 28 nitrogen and oxygen atoms in total.